The van der Waals surface area contributed by atoms with Crippen molar-refractivity contribution >= 4 is 11.6 Å². The van der Waals surface area contributed by atoms with E-state index in [-0.39, 0.29) is 12.1 Å². The van der Waals surface area contributed by atoms with E-state index in [4.69, 9.17) is 22.2 Å². The monoisotopic (exact) mass is 315 g/mol. The molecule has 3 N–H and O–H groups in total. The van der Waals surface area contributed by atoms with E-state index >= 15 is 0 Å². The summed E-state index contributed by atoms with van der Waals surface area (Å²) < 4.78 is 7.74. The number of aromatic nitrogens is 2. The molecular formula is C14H26ClN5O. The summed E-state index contributed by atoms with van der Waals surface area (Å²) in [7, 11) is 1.91. The third-order valence-corrected chi connectivity index (χ3v) is 4.68. The van der Waals surface area contributed by atoms with Gasteiger partial charge in [-0.05, 0) is 20.8 Å². The highest BCUT2D eigenvalue weighted by atomic mass is 35.5. The van der Waals surface area contributed by atoms with Crippen LogP contribution in [0.3, 0.4) is 0 Å². The fraction of sp³-hybridized carbons (Fsp3) is 0.786. The second-order valence-corrected chi connectivity index (χ2v) is 6.32. The lowest BCUT2D eigenvalue weighted by Gasteiger charge is -2.38. The molecule has 120 valence electrons. The number of ether oxygens (including phenoxy) is 1. The molecule has 1 fully saturated rings. The first-order valence-electron chi connectivity index (χ1n) is 7.43. The first-order valence-corrected chi connectivity index (χ1v) is 7.81. The van der Waals surface area contributed by atoms with Crippen molar-refractivity contribution < 1.29 is 4.74 Å². The lowest BCUT2D eigenvalue weighted by Crippen LogP contribution is -2.56. The highest BCUT2D eigenvalue weighted by molar-refractivity contribution is 6.31. The first kappa shape index (κ1) is 16.7. The highest BCUT2D eigenvalue weighted by Crippen LogP contribution is 2.22. The zero-order chi connectivity index (χ0) is 15.6. The van der Waals surface area contributed by atoms with Gasteiger partial charge >= 0.3 is 0 Å². The van der Waals surface area contributed by atoms with Crippen molar-refractivity contribution in [3.05, 3.63) is 16.4 Å². The summed E-state index contributed by atoms with van der Waals surface area (Å²) in [4.78, 5) is 2.41. The zero-order valence-electron chi connectivity index (χ0n) is 13.3. The maximum Gasteiger partial charge on any atom is 0.0872 e. The van der Waals surface area contributed by atoms with Crippen molar-refractivity contribution in [3.8, 4) is 0 Å². The molecule has 2 rings (SSSR count). The molecule has 0 amide bonds. The number of hydrazine groups is 1. The number of hydrogen-bond donors (Lipinski definition) is 2. The van der Waals surface area contributed by atoms with Crippen molar-refractivity contribution in [1.82, 2.24) is 20.1 Å². The summed E-state index contributed by atoms with van der Waals surface area (Å²) in [5.74, 6) is 5.76. The Morgan fingerprint density at radius 2 is 2.24 bits per heavy atom. The molecule has 0 aromatic carbocycles. The number of nitrogens with two attached hydrogens (primary N) is 1. The zero-order valence-corrected chi connectivity index (χ0v) is 14.0. The molecule has 2 atom stereocenters. The van der Waals surface area contributed by atoms with E-state index in [1.807, 2.05) is 18.7 Å². The van der Waals surface area contributed by atoms with Crippen molar-refractivity contribution in [2.45, 2.75) is 45.4 Å². The van der Waals surface area contributed by atoms with Crippen LogP contribution in [0.2, 0.25) is 5.02 Å². The summed E-state index contributed by atoms with van der Waals surface area (Å²) in [5, 5.41) is 5.07. The van der Waals surface area contributed by atoms with Crippen LogP contribution < -0.4 is 11.3 Å². The van der Waals surface area contributed by atoms with Crippen LogP contribution in [0.1, 0.15) is 25.2 Å². The Morgan fingerprint density at radius 1 is 1.52 bits per heavy atom. The fourth-order valence-electron chi connectivity index (χ4n) is 2.82. The van der Waals surface area contributed by atoms with Gasteiger partial charge in [0.25, 0.3) is 0 Å². The Morgan fingerprint density at radius 3 is 2.76 bits per heavy atom. The van der Waals surface area contributed by atoms with Gasteiger partial charge in [-0.15, -0.1) is 0 Å². The van der Waals surface area contributed by atoms with Gasteiger partial charge in [-0.1, -0.05) is 11.6 Å². The molecule has 1 saturated heterocycles. The summed E-state index contributed by atoms with van der Waals surface area (Å²) in [6, 6.07) is 0.524. The van der Waals surface area contributed by atoms with Gasteiger partial charge in [0.2, 0.25) is 0 Å². The lowest BCUT2D eigenvalue weighted by molar-refractivity contribution is -0.0554. The molecule has 6 nitrogen and oxygen atoms in total. The number of rotatable bonds is 5. The van der Waals surface area contributed by atoms with Crippen LogP contribution in [0.4, 0.5) is 0 Å². The second kappa shape index (κ2) is 7.07. The minimum absolute atomic E-state index is 0.0128. The predicted molar refractivity (Wildman–Crippen MR) is 84.2 cm³/mol. The minimum atomic E-state index is 0.0128. The molecule has 1 aliphatic heterocycles. The standard InChI is InChI=1S/C14H26ClN5O/c1-9(2)20-5-6-21-13(8-20)11(17-16)7-12-14(15)10(3)18-19(12)4/h9,11,13,17H,5-8,16H2,1-4H3. The number of nitrogens with zero attached hydrogens (tertiary/aromatic N) is 3. The normalized spacial score (nSPS) is 22.0. The van der Waals surface area contributed by atoms with Crippen LogP contribution in [0.15, 0.2) is 0 Å². The van der Waals surface area contributed by atoms with Gasteiger partial charge in [0.1, 0.15) is 0 Å². The number of hydrogen-bond acceptors (Lipinski definition) is 5. The van der Waals surface area contributed by atoms with E-state index in [1.165, 1.54) is 0 Å². The molecule has 1 aliphatic rings. The molecule has 1 aromatic heterocycles. The molecule has 2 unspecified atom stereocenters. The number of aryl methyl sites for hydroxylation is 2. The average molecular weight is 316 g/mol. The molecule has 7 heteroatoms. The van der Waals surface area contributed by atoms with Gasteiger partial charge in [0.05, 0.1) is 35.2 Å². The summed E-state index contributed by atoms with van der Waals surface area (Å²) >= 11 is 6.33. The van der Waals surface area contributed by atoms with Crippen molar-refractivity contribution in [1.29, 1.82) is 0 Å². The van der Waals surface area contributed by atoms with E-state index in [9.17, 15) is 0 Å². The summed E-state index contributed by atoms with van der Waals surface area (Å²) in [6.07, 6.45) is 0.751. The maximum absolute atomic E-state index is 6.33. The maximum atomic E-state index is 6.33. The topological polar surface area (TPSA) is 68.3 Å². The van der Waals surface area contributed by atoms with Crippen LogP contribution in [0.25, 0.3) is 0 Å². The SMILES string of the molecule is Cc1nn(C)c(CC(NN)C2CN(C(C)C)CCO2)c1Cl. The van der Waals surface area contributed by atoms with E-state index in [0.717, 1.165) is 31.1 Å². The second-order valence-electron chi connectivity index (χ2n) is 5.94. The predicted octanol–water partition coefficient (Wildman–Crippen LogP) is 0.866. The number of halogens is 1. The molecule has 1 aromatic rings. The minimum Gasteiger partial charge on any atom is -0.374 e. The summed E-state index contributed by atoms with van der Waals surface area (Å²) in [5.41, 5.74) is 4.73. The van der Waals surface area contributed by atoms with Crippen LogP contribution >= 0.6 is 11.6 Å². The van der Waals surface area contributed by atoms with Crippen LogP contribution in [0, 0.1) is 6.92 Å². The Balaban J connectivity index is 2.09. The van der Waals surface area contributed by atoms with E-state index in [0.29, 0.717) is 17.5 Å². The quantitative estimate of drug-likeness (QED) is 0.623. The third kappa shape index (κ3) is 3.76. The molecule has 0 saturated carbocycles. The van der Waals surface area contributed by atoms with E-state index in [1.54, 1.807) is 0 Å². The van der Waals surface area contributed by atoms with E-state index in [2.05, 4.69) is 29.3 Å². The van der Waals surface area contributed by atoms with Gasteiger partial charge in [0, 0.05) is 32.6 Å². The van der Waals surface area contributed by atoms with Gasteiger partial charge in [-0.25, -0.2) is 0 Å². The highest BCUT2D eigenvalue weighted by Gasteiger charge is 2.30. The Bertz CT molecular complexity index is 476. The van der Waals surface area contributed by atoms with Gasteiger partial charge in [0.15, 0.2) is 0 Å². The fourth-order valence-corrected chi connectivity index (χ4v) is 3.05. The van der Waals surface area contributed by atoms with Gasteiger partial charge in [-0.3, -0.25) is 20.9 Å². The van der Waals surface area contributed by atoms with E-state index < -0.39 is 0 Å². The molecule has 0 radical (unpaired) electrons. The Kier molecular flexibility index (Phi) is 5.62. The van der Waals surface area contributed by atoms with Crippen molar-refractivity contribution in [3.63, 3.8) is 0 Å². The van der Waals surface area contributed by atoms with Crippen molar-refractivity contribution in [2.24, 2.45) is 12.9 Å². The molecule has 0 aliphatic carbocycles. The molecule has 0 spiro atoms. The summed E-state index contributed by atoms with van der Waals surface area (Å²) in [6.45, 7) is 8.90. The lowest BCUT2D eigenvalue weighted by atomic mass is 10.0. The van der Waals surface area contributed by atoms with Crippen LogP contribution in [-0.4, -0.2) is 52.6 Å². The smallest absolute Gasteiger partial charge is 0.0872 e. The number of nitrogens with one attached hydrogen (secondary N) is 1. The Labute approximate surface area is 131 Å². The first-order chi connectivity index (χ1) is 9.93. The van der Waals surface area contributed by atoms with Gasteiger partial charge in [-0.2, -0.15) is 5.10 Å². The van der Waals surface area contributed by atoms with Crippen molar-refractivity contribution in [2.75, 3.05) is 19.7 Å². The van der Waals surface area contributed by atoms with Gasteiger partial charge < -0.3 is 4.74 Å². The third-order valence-electron chi connectivity index (χ3n) is 4.19. The molecule has 2 heterocycles. The average Bonchev–Trinajstić information content (AvgIpc) is 2.70. The largest absolute Gasteiger partial charge is 0.374 e. The number of morpholine rings is 1. The Hall–Kier alpha value is -0.660. The molecule has 0 bridgehead atoms. The van der Waals surface area contributed by atoms with Crippen LogP contribution in [-0.2, 0) is 18.2 Å². The molecule has 21 heavy (non-hydrogen) atoms. The molecular weight excluding hydrogens is 290 g/mol. The van der Waals surface area contributed by atoms with Crippen LogP contribution in [0.5, 0.6) is 0 Å².